The van der Waals surface area contributed by atoms with E-state index in [-0.39, 0.29) is 5.69 Å². The zero-order valence-electron chi connectivity index (χ0n) is 12.1. The van der Waals surface area contributed by atoms with E-state index in [9.17, 15) is 10.1 Å². The molecular weight excluding hydrogens is 354 g/mol. The number of thiol groups is 1. The summed E-state index contributed by atoms with van der Waals surface area (Å²) in [7, 11) is 0. The highest BCUT2D eigenvalue weighted by atomic mass is 79.9. The van der Waals surface area contributed by atoms with Crippen molar-refractivity contribution in [2.45, 2.75) is 44.9 Å². The zero-order valence-corrected chi connectivity index (χ0v) is 14.6. The summed E-state index contributed by atoms with van der Waals surface area (Å²) in [5.74, 6) is 1.32. The molecule has 1 aromatic carbocycles. The van der Waals surface area contributed by atoms with Gasteiger partial charge in [0.2, 0.25) is 0 Å². The van der Waals surface area contributed by atoms with Gasteiger partial charge in [-0.3, -0.25) is 10.1 Å². The van der Waals surface area contributed by atoms with Crippen molar-refractivity contribution in [3.8, 4) is 5.75 Å². The van der Waals surface area contributed by atoms with Crippen LogP contribution in [0.25, 0.3) is 0 Å². The number of hydrogen-bond donors (Lipinski definition) is 1. The number of rotatable bonds is 11. The van der Waals surface area contributed by atoms with E-state index in [0.29, 0.717) is 16.8 Å². The number of benzene rings is 1. The van der Waals surface area contributed by atoms with Crippen molar-refractivity contribution in [1.29, 1.82) is 0 Å². The molecule has 0 saturated heterocycles. The Morgan fingerprint density at radius 3 is 2.33 bits per heavy atom. The Kier molecular flexibility index (Phi) is 9.50. The molecule has 0 fully saturated rings. The second-order valence-corrected chi connectivity index (χ2v) is 6.28. The summed E-state index contributed by atoms with van der Waals surface area (Å²) in [4.78, 5) is 10.5. The first-order chi connectivity index (χ1) is 10.1. The molecule has 0 aliphatic heterocycles. The molecule has 0 aromatic heterocycles. The molecule has 1 rings (SSSR count). The lowest BCUT2D eigenvalue weighted by atomic mass is 10.1. The van der Waals surface area contributed by atoms with E-state index in [0.717, 1.165) is 18.6 Å². The number of nitrogens with zero attached hydrogens (tertiary/aromatic N) is 1. The molecule has 0 spiro atoms. The van der Waals surface area contributed by atoms with Crippen LogP contribution in [0.4, 0.5) is 5.69 Å². The molecule has 0 radical (unpaired) electrons. The fourth-order valence-corrected chi connectivity index (χ4v) is 2.61. The second kappa shape index (κ2) is 10.9. The number of nitro groups is 1. The minimum Gasteiger partial charge on any atom is -0.487 e. The monoisotopic (exact) mass is 375 g/mol. The molecule has 4 nitrogen and oxygen atoms in total. The second-order valence-electron chi connectivity index (χ2n) is 4.92. The van der Waals surface area contributed by atoms with Gasteiger partial charge in [0.1, 0.15) is 0 Å². The molecule has 0 amide bonds. The van der Waals surface area contributed by atoms with Crippen LogP contribution in [0.15, 0.2) is 22.7 Å². The molecule has 0 atom stereocenters. The summed E-state index contributed by atoms with van der Waals surface area (Å²) in [5.41, 5.74) is 0.0103. The first-order valence-electron chi connectivity index (χ1n) is 7.32. The Morgan fingerprint density at radius 2 is 1.71 bits per heavy atom. The van der Waals surface area contributed by atoms with E-state index < -0.39 is 4.92 Å². The average Bonchev–Trinajstić information content (AvgIpc) is 2.46. The van der Waals surface area contributed by atoms with Gasteiger partial charge in [-0.25, -0.2) is 0 Å². The van der Waals surface area contributed by atoms with Gasteiger partial charge >= 0.3 is 5.69 Å². The Hall–Kier alpha value is -0.750. The van der Waals surface area contributed by atoms with Gasteiger partial charge in [-0.05, 0) is 30.7 Å². The van der Waals surface area contributed by atoms with E-state index in [4.69, 9.17) is 4.74 Å². The molecule has 0 aliphatic rings. The number of hydrogen-bond acceptors (Lipinski definition) is 4. The standard InChI is InChI=1S/C15H22BrNO3S/c16-13-8-9-15(14(12-13)17(18)19)20-10-6-4-2-1-3-5-7-11-21/h8-9,12,21H,1-7,10-11H2. The molecule has 6 heteroatoms. The molecule has 0 unspecified atom stereocenters. The van der Waals surface area contributed by atoms with Gasteiger partial charge in [0.15, 0.2) is 5.75 Å². The largest absolute Gasteiger partial charge is 0.487 e. The molecule has 0 saturated carbocycles. The molecule has 0 aliphatic carbocycles. The van der Waals surface area contributed by atoms with Gasteiger partial charge in [-0.1, -0.05) is 48.0 Å². The van der Waals surface area contributed by atoms with E-state index in [1.165, 1.54) is 38.2 Å². The first-order valence-corrected chi connectivity index (χ1v) is 8.75. The van der Waals surface area contributed by atoms with Crippen LogP contribution >= 0.6 is 28.6 Å². The minimum atomic E-state index is -0.415. The van der Waals surface area contributed by atoms with E-state index in [2.05, 4.69) is 28.6 Å². The van der Waals surface area contributed by atoms with Gasteiger partial charge in [0.05, 0.1) is 11.5 Å². The molecular formula is C15H22BrNO3S. The Labute approximate surface area is 140 Å². The highest BCUT2D eigenvalue weighted by Crippen LogP contribution is 2.30. The third kappa shape index (κ3) is 7.71. The summed E-state index contributed by atoms with van der Waals surface area (Å²) in [6.07, 6.45) is 8.18. The number of unbranched alkanes of at least 4 members (excludes halogenated alkanes) is 6. The Morgan fingerprint density at radius 1 is 1.10 bits per heavy atom. The summed E-state index contributed by atoms with van der Waals surface area (Å²) < 4.78 is 6.21. The lowest BCUT2D eigenvalue weighted by Crippen LogP contribution is -2.00. The molecule has 0 N–H and O–H groups in total. The smallest absolute Gasteiger partial charge is 0.312 e. The predicted octanol–water partition coefficient (Wildman–Crippen LogP) is 5.40. The summed E-state index contributed by atoms with van der Waals surface area (Å²) in [6, 6.07) is 4.86. The Balaban J connectivity index is 2.20. The van der Waals surface area contributed by atoms with Crippen LogP contribution in [0.1, 0.15) is 44.9 Å². The van der Waals surface area contributed by atoms with Gasteiger partial charge in [-0.15, -0.1) is 0 Å². The van der Waals surface area contributed by atoms with Crippen molar-refractivity contribution in [2.24, 2.45) is 0 Å². The van der Waals surface area contributed by atoms with Crippen LogP contribution in [-0.4, -0.2) is 17.3 Å². The van der Waals surface area contributed by atoms with Crippen LogP contribution in [0, 0.1) is 10.1 Å². The van der Waals surface area contributed by atoms with Crippen molar-refractivity contribution in [3.63, 3.8) is 0 Å². The predicted molar refractivity (Wildman–Crippen MR) is 92.5 cm³/mol. The normalized spacial score (nSPS) is 10.6. The minimum absolute atomic E-state index is 0.0103. The van der Waals surface area contributed by atoms with Crippen LogP contribution in [0.5, 0.6) is 5.75 Å². The molecule has 0 heterocycles. The highest BCUT2D eigenvalue weighted by molar-refractivity contribution is 9.10. The molecule has 0 bridgehead atoms. The maximum absolute atomic E-state index is 10.9. The Bertz CT molecular complexity index is 443. The number of halogens is 1. The quantitative estimate of drug-likeness (QED) is 0.244. The number of nitro benzene ring substituents is 1. The zero-order chi connectivity index (χ0) is 15.5. The van der Waals surface area contributed by atoms with Crippen molar-refractivity contribution < 1.29 is 9.66 Å². The van der Waals surface area contributed by atoms with E-state index in [1.54, 1.807) is 12.1 Å². The summed E-state index contributed by atoms with van der Waals surface area (Å²) in [5, 5.41) is 10.9. The molecule has 118 valence electrons. The van der Waals surface area contributed by atoms with Crippen molar-refractivity contribution in [2.75, 3.05) is 12.4 Å². The third-order valence-electron chi connectivity index (χ3n) is 3.18. The van der Waals surface area contributed by atoms with Crippen LogP contribution in [0.2, 0.25) is 0 Å². The lowest BCUT2D eigenvalue weighted by molar-refractivity contribution is -0.385. The van der Waals surface area contributed by atoms with E-state index >= 15 is 0 Å². The van der Waals surface area contributed by atoms with Crippen LogP contribution < -0.4 is 4.74 Å². The van der Waals surface area contributed by atoms with Gasteiger partial charge in [0, 0.05) is 10.5 Å². The van der Waals surface area contributed by atoms with Crippen LogP contribution in [0.3, 0.4) is 0 Å². The van der Waals surface area contributed by atoms with Crippen molar-refractivity contribution in [3.05, 3.63) is 32.8 Å². The SMILES string of the molecule is O=[N+]([O-])c1cc(Br)ccc1OCCCCCCCCCS. The van der Waals surface area contributed by atoms with Crippen LogP contribution in [-0.2, 0) is 0 Å². The van der Waals surface area contributed by atoms with Gasteiger partial charge < -0.3 is 4.74 Å². The third-order valence-corrected chi connectivity index (χ3v) is 3.99. The average molecular weight is 376 g/mol. The first kappa shape index (κ1) is 18.3. The fourth-order valence-electron chi connectivity index (χ4n) is 2.04. The molecule has 1 aromatic rings. The summed E-state index contributed by atoms with van der Waals surface area (Å²) in [6.45, 7) is 0.527. The van der Waals surface area contributed by atoms with Crippen molar-refractivity contribution >= 4 is 34.2 Å². The van der Waals surface area contributed by atoms with Gasteiger partial charge in [-0.2, -0.15) is 12.6 Å². The maximum atomic E-state index is 10.9. The fraction of sp³-hybridized carbons (Fsp3) is 0.600. The van der Waals surface area contributed by atoms with Gasteiger partial charge in [0.25, 0.3) is 0 Å². The number of ether oxygens (including phenoxy) is 1. The lowest BCUT2D eigenvalue weighted by Gasteiger charge is -2.07. The molecule has 21 heavy (non-hydrogen) atoms. The highest BCUT2D eigenvalue weighted by Gasteiger charge is 2.15. The maximum Gasteiger partial charge on any atom is 0.312 e. The van der Waals surface area contributed by atoms with E-state index in [1.807, 2.05) is 0 Å². The summed E-state index contributed by atoms with van der Waals surface area (Å²) >= 11 is 7.42. The van der Waals surface area contributed by atoms with Crippen molar-refractivity contribution in [1.82, 2.24) is 0 Å². The topological polar surface area (TPSA) is 52.4 Å².